The summed E-state index contributed by atoms with van der Waals surface area (Å²) < 4.78 is 27.3. The molecular formula is C14H13F2NO4. The molecule has 0 saturated carbocycles. The Kier molecular flexibility index (Phi) is 4.30. The summed E-state index contributed by atoms with van der Waals surface area (Å²) in [5.74, 6) is -4.66. The van der Waals surface area contributed by atoms with E-state index in [1.807, 2.05) is 0 Å². The van der Waals surface area contributed by atoms with Crippen molar-refractivity contribution in [3.63, 3.8) is 0 Å². The first kappa shape index (κ1) is 15.1. The Hall–Kier alpha value is -2.31. The van der Waals surface area contributed by atoms with Crippen LogP contribution in [-0.2, 0) is 9.59 Å². The molecular weight excluding hydrogens is 284 g/mol. The molecule has 0 fully saturated rings. The van der Waals surface area contributed by atoms with Crippen LogP contribution in [0.1, 0.15) is 36.0 Å². The van der Waals surface area contributed by atoms with Crippen molar-refractivity contribution < 1.29 is 28.3 Å². The van der Waals surface area contributed by atoms with Gasteiger partial charge in [-0.05, 0) is 25.0 Å². The maximum absolute atomic E-state index is 13.8. The molecule has 1 aliphatic rings. The number of benzene rings is 1. The quantitative estimate of drug-likeness (QED) is 0.645. The van der Waals surface area contributed by atoms with Crippen LogP contribution in [-0.4, -0.2) is 29.3 Å². The third kappa shape index (κ3) is 2.91. The molecule has 21 heavy (non-hydrogen) atoms. The van der Waals surface area contributed by atoms with Crippen LogP contribution < -0.4 is 4.90 Å². The highest BCUT2D eigenvalue weighted by Gasteiger charge is 2.40. The number of carbonyl (C=O) groups excluding carboxylic acids is 2. The van der Waals surface area contributed by atoms with Crippen LogP contribution in [0.3, 0.4) is 0 Å². The minimum absolute atomic E-state index is 0.00640. The lowest BCUT2D eigenvalue weighted by Crippen LogP contribution is -2.31. The Bertz CT molecular complexity index is 615. The van der Waals surface area contributed by atoms with Crippen molar-refractivity contribution in [3.8, 4) is 0 Å². The maximum Gasteiger partial charge on any atom is 0.303 e. The molecule has 0 saturated heterocycles. The topological polar surface area (TPSA) is 74.7 Å². The van der Waals surface area contributed by atoms with Crippen molar-refractivity contribution in [3.05, 3.63) is 29.3 Å². The van der Waals surface area contributed by atoms with Crippen LogP contribution in [0.25, 0.3) is 0 Å². The third-order valence-electron chi connectivity index (χ3n) is 3.29. The summed E-state index contributed by atoms with van der Waals surface area (Å²) in [5, 5.41) is 8.50. The average Bonchev–Trinajstić information content (AvgIpc) is 2.68. The molecule has 0 aliphatic carbocycles. The lowest BCUT2D eigenvalue weighted by atomic mass is 10.1. The molecule has 0 unspecified atom stereocenters. The van der Waals surface area contributed by atoms with Crippen molar-refractivity contribution in [2.45, 2.75) is 25.7 Å². The molecule has 7 heteroatoms. The van der Waals surface area contributed by atoms with Gasteiger partial charge in [-0.25, -0.2) is 8.78 Å². The van der Waals surface area contributed by atoms with E-state index >= 15 is 0 Å². The lowest BCUT2D eigenvalue weighted by molar-refractivity contribution is -0.137. The number of hydrogen-bond acceptors (Lipinski definition) is 3. The van der Waals surface area contributed by atoms with Crippen molar-refractivity contribution in [1.29, 1.82) is 0 Å². The van der Waals surface area contributed by atoms with E-state index in [-0.39, 0.29) is 18.7 Å². The monoisotopic (exact) mass is 297 g/mol. The smallest absolute Gasteiger partial charge is 0.303 e. The molecule has 1 aromatic carbocycles. The van der Waals surface area contributed by atoms with Gasteiger partial charge in [-0.2, -0.15) is 0 Å². The number of amides is 1. The lowest BCUT2D eigenvalue weighted by Gasteiger charge is -2.16. The normalized spacial score (nSPS) is 13.7. The van der Waals surface area contributed by atoms with Gasteiger partial charge in [0.15, 0.2) is 0 Å². The number of anilines is 1. The van der Waals surface area contributed by atoms with E-state index < -0.39 is 34.9 Å². The first-order valence-electron chi connectivity index (χ1n) is 6.49. The zero-order valence-electron chi connectivity index (χ0n) is 11.1. The van der Waals surface area contributed by atoms with Gasteiger partial charge in [0.25, 0.3) is 11.7 Å². The highest BCUT2D eigenvalue weighted by atomic mass is 19.1. The largest absolute Gasteiger partial charge is 0.481 e. The van der Waals surface area contributed by atoms with Gasteiger partial charge >= 0.3 is 5.97 Å². The number of carboxylic acids is 1. The van der Waals surface area contributed by atoms with E-state index in [2.05, 4.69) is 0 Å². The van der Waals surface area contributed by atoms with Crippen LogP contribution in [0, 0.1) is 11.6 Å². The van der Waals surface area contributed by atoms with Crippen molar-refractivity contribution in [2.24, 2.45) is 0 Å². The minimum Gasteiger partial charge on any atom is -0.481 e. The van der Waals surface area contributed by atoms with Gasteiger partial charge in [-0.3, -0.25) is 14.4 Å². The van der Waals surface area contributed by atoms with Gasteiger partial charge in [0.2, 0.25) is 0 Å². The summed E-state index contributed by atoms with van der Waals surface area (Å²) >= 11 is 0. The number of hydrogen-bond donors (Lipinski definition) is 1. The molecule has 1 amide bonds. The average molecular weight is 297 g/mol. The number of rotatable bonds is 6. The molecule has 0 bridgehead atoms. The number of halogens is 2. The van der Waals surface area contributed by atoms with Crippen LogP contribution in [0.2, 0.25) is 0 Å². The molecule has 1 heterocycles. The second-order valence-corrected chi connectivity index (χ2v) is 4.74. The molecule has 0 aromatic heterocycles. The number of carbonyl (C=O) groups is 3. The van der Waals surface area contributed by atoms with Crippen LogP contribution in [0.5, 0.6) is 0 Å². The summed E-state index contributed by atoms with van der Waals surface area (Å²) in [5.41, 5.74) is -0.839. The molecule has 1 N–H and O–H groups in total. The summed E-state index contributed by atoms with van der Waals surface area (Å²) in [6.45, 7) is 0.0531. The van der Waals surface area contributed by atoms with E-state index in [0.29, 0.717) is 19.3 Å². The number of ketones is 1. The number of Topliss-reactive ketones (excluding diaryl/α,β-unsaturated/α-hetero) is 1. The van der Waals surface area contributed by atoms with E-state index in [9.17, 15) is 23.2 Å². The third-order valence-corrected chi connectivity index (χ3v) is 3.29. The molecule has 0 radical (unpaired) electrons. The summed E-state index contributed by atoms with van der Waals surface area (Å²) in [7, 11) is 0. The molecule has 1 aliphatic heterocycles. The number of unbranched alkanes of at least 4 members (excludes halogenated alkanes) is 2. The fourth-order valence-corrected chi connectivity index (χ4v) is 2.29. The summed E-state index contributed by atoms with van der Waals surface area (Å²) in [6.07, 6.45) is 1.34. The highest BCUT2D eigenvalue weighted by Crippen LogP contribution is 2.33. The molecule has 1 aromatic rings. The van der Waals surface area contributed by atoms with Crippen LogP contribution >= 0.6 is 0 Å². The Balaban J connectivity index is 2.09. The first-order valence-corrected chi connectivity index (χ1v) is 6.49. The van der Waals surface area contributed by atoms with Crippen molar-refractivity contribution in [2.75, 3.05) is 11.4 Å². The highest BCUT2D eigenvalue weighted by molar-refractivity contribution is 6.52. The fourth-order valence-electron chi connectivity index (χ4n) is 2.29. The van der Waals surface area contributed by atoms with Crippen molar-refractivity contribution >= 4 is 23.3 Å². The molecule has 0 spiro atoms. The zero-order valence-corrected chi connectivity index (χ0v) is 11.1. The minimum atomic E-state index is -1.05. The Morgan fingerprint density at radius 1 is 1.10 bits per heavy atom. The zero-order chi connectivity index (χ0) is 15.6. The van der Waals surface area contributed by atoms with Gasteiger partial charge < -0.3 is 10.0 Å². The Morgan fingerprint density at radius 2 is 1.76 bits per heavy atom. The van der Waals surface area contributed by atoms with E-state index in [1.165, 1.54) is 0 Å². The van der Waals surface area contributed by atoms with Gasteiger partial charge in [0, 0.05) is 13.0 Å². The van der Waals surface area contributed by atoms with E-state index in [4.69, 9.17) is 5.11 Å². The first-order chi connectivity index (χ1) is 9.93. The number of carboxylic acid groups (broad SMARTS) is 1. The SMILES string of the molecule is O=C(O)CCCCCN1C(=O)C(=O)c2c(F)ccc(F)c21. The van der Waals surface area contributed by atoms with Crippen molar-refractivity contribution in [1.82, 2.24) is 0 Å². The Morgan fingerprint density at radius 3 is 2.43 bits per heavy atom. The summed E-state index contributed by atoms with van der Waals surface area (Å²) in [4.78, 5) is 34.8. The molecule has 5 nitrogen and oxygen atoms in total. The van der Waals surface area contributed by atoms with Crippen LogP contribution in [0.4, 0.5) is 14.5 Å². The summed E-state index contributed by atoms with van der Waals surface area (Å²) in [6, 6.07) is 1.69. The predicted octanol–water partition coefficient (Wildman–Crippen LogP) is 2.14. The standard InChI is InChI=1S/C14H13F2NO4/c15-8-5-6-9(16)12-11(8)13(20)14(21)17(12)7-3-1-2-4-10(18)19/h5-6H,1-4,7H2,(H,18,19). The van der Waals surface area contributed by atoms with Gasteiger partial charge in [-0.15, -0.1) is 0 Å². The molecule has 0 atom stereocenters. The molecule has 2 rings (SSSR count). The Labute approximate surface area is 119 Å². The van der Waals surface area contributed by atoms with Gasteiger partial charge in [-0.1, -0.05) is 6.42 Å². The number of nitrogens with zero attached hydrogens (tertiary/aromatic N) is 1. The van der Waals surface area contributed by atoms with E-state index in [1.54, 1.807) is 0 Å². The van der Waals surface area contributed by atoms with Crippen LogP contribution in [0.15, 0.2) is 12.1 Å². The maximum atomic E-state index is 13.8. The number of fused-ring (bicyclic) bond motifs is 1. The van der Waals surface area contributed by atoms with Gasteiger partial charge in [0.05, 0.1) is 11.3 Å². The molecule has 112 valence electrons. The van der Waals surface area contributed by atoms with E-state index in [0.717, 1.165) is 17.0 Å². The number of aliphatic carboxylic acids is 1. The second-order valence-electron chi connectivity index (χ2n) is 4.74. The van der Waals surface area contributed by atoms with Gasteiger partial charge in [0.1, 0.15) is 11.6 Å². The second kappa shape index (κ2) is 5.99. The predicted molar refractivity (Wildman–Crippen MR) is 69.1 cm³/mol. The fraction of sp³-hybridized carbons (Fsp3) is 0.357.